The van der Waals surface area contributed by atoms with Crippen LogP contribution in [-0.4, -0.2) is 23.1 Å². The van der Waals surface area contributed by atoms with Crippen LogP contribution in [0.4, 0.5) is 10.1 Å². The smallest absolute Gasteiger partial charge is 0.377 e. The molecule has 2 rings (SSSR count). The van der Waals surface area contributed by atoms with Gasteiger partial charge in [-0.05, 0) is 38.5 Å². The molecule has 0 aliphatic rings. The van der Waals surface area contributed by atoms with Crippen LogP contribution in [-0.2, 0) is 9.53 Å². The zero-order valence-corrected chi connectivity index (χ0v) is 12.3. The molecule has 1 aromatic carbocycles. The highest BCUT2D eigenvalue weighted by molar-refractivity contribution is 5.96. The van der Waals surface area contributed by atoms with E-state index in [2.05, 4.69) is 10.5 Å². The number of nitrogens with zero attached hydrogens (tertiary/aromatic N) is 1. The topological polar surface area (TPSA) is 81.4 Å². The fraction of sp³-hybridized carbons (Fsp3) is 0.267. The molecule has 116 valence electrons. The number of hydrogen-bond donors (Lipinski definition) is 1. The predicted octanol–water partition coefficient (Wildman–Crippen LogP) is 2.61. The summed E-state index contributed by atoms with van der Waals surface area (Å²) < 4.78 is 23.1. The van der Waals surface area contributed by atoms with Crippen molar-refractivity contribution >= 4 is 17.6 Å². The molecule has 1 aromatic heterocycles. The SMILES string of the molecule is Cc1cc(C(=O)O[C@H](C)C(=O)Nc2ccc(C)c(F)c2)on1. The Labute approximate surface area is 126 Å². The summed E-state index contributed by atoms with van der Waals surface area (Å²) in [5, 5.41) is 6.03. The van der Waals surface area contributed by atoms with Gasteiger partial charge in [0.1, 0.15) is 5.82 Å². The van der Waals surface area contributed by atoms with Crippen LogP contribution in [0.5, 0.6) is 0 Å². The summed E-state index contributed by atoms with van der Waals surface area (Å²) in [6, 6.07) is 5.70. The molecular formula is C15H15FN2O4. The van der Waals surface area contributed by atoms with E-state index in [1.807, 2.05) is 0 Å². The summed E-state index contributed by atoms with van der Waals surface area (Å²) in [6.45, 7) is 4.67. The van der Waals surface area contributed by atoms with E-state index in [9.17, 15) is 14.0 Å². The summed E-state index contributed by atoms with van der Waals surface area (Å²) in [7, 11) is 0. The van der Waals surface area contributed by atoms with E-state index in [0.29, 0.717) is 11.3 Å². The molecule has 0 fully saturated rings. The molecule has 6 nitrogen and oxygen atoms in total. The van der Waals surface area contributed by atoms with Crippen LogP contribution in [0.2, 0.25) is 0 Å². The number of halogens is 1. The van der Waals surface area contributed by atoms with Crippen molar-refractivity contribution in [1.29, 1.82) is 0 Å². The largest absolute Gasteiger partial charge is 0.447 e. The van der Waals surface area contributed by atoms with Crippen LogP contribution in [0.3, 0.4) is 0 Å². The number of amides is 1. The van der Waals surface area contributed by atoms with E-state index in [0.717, 1.165) is 0 Å². The van der Waals surface area contributed by atoms with E-state index >= 15 is 0 Å². The Bertz CT molecular complexity index is 711. The number of anilines is 1. The van der Waals surface area contributed by atoms with E-state index in [4.69, 9.17) is 9.26 Å². The Morgan fingerprint density at radius 1 is 1.32 bits per heavy atom. The predicted molar refractivity (Wildman–Crippen MR) is 75.9 cm³/mol. The molecule has 2 aromatic rings. The summed E-state index contributed by atoms with van der Waals surface area (Å²) in [6.07, 6.45) is -1.07. The Morgan fingerprint density at radius 2 is 2.05 bits per heavy atom. The highest BCUT2D eigenvalue weighted by Gasteiger charge is 2.21. The molecule has 0 aliphatic heterocycles. The number of aryl methyl sites for hydroxylation is 2. The van der Waals surface area contributed by atoms with Gasteiger partial charge in [0.15, 0.2) is 6.10 Å². The molecule has 1 atom stereocenters. The van der Waals surface area contributed by atoms with Gasteiger partial charge >= 0.3 is 5.97 Å². The number of carbonyl (C=O) groups excluding carboxylic acids is 2. The minimum absolute atomic E-state index is 0.0847. The van der Waals surface area contributed by atoms with Gasteiger partial charge in [-0.3, -0.25) is 4.79 Å². The maximum atomic E-state index is 13.4. The second-order valence-electron chi connectivity index (χ2n) is 4.83. The second kappa shape index (κ2) is 6.38. The minimum atomic E-state index is -1.07. The van der Waals surface area contributed by atoms with Gasteiger partial charge < -0.3 is 14.6 Å². The lowest BCUT2D eigenvalue weighted by Crippen LogP contribution is -2.29. The lowest BCUT2D eigenvalue weighted by atomic mass is 10.2. The number of benzene rings is 1. The Hall–Kier alpha value is -2.70. The average Bonchev–Trinajstić information content (AvgIpc) is 2.89. The molecule has 0 spiro atoms. The zero-order chi connectivity index (χ0) is 16.3. The van der Waals surface area contributed by atoms with Gasteiger partial charge in [0, 0.05) is 11.8 Å². The quantitative estimate of drug-likeness (QED) is 0.878. The van der Waals surface area contributed by atoms with Gasteiger partial charge in [-0.1, -0.05) is 11.2 Å². The van der Waals surface area contributed by atoms with Crippen molar-refractivity contribution in [2.24, 2.45) is 0 Å². The number of hydrogen-bond acceptors (Lipinski definition) is 5. The number of aromatic nitrogens is 1. The molecule has 0 aliphatic carbocycles. The molecule has 1 N–H and O–H groups in total. The van der Waals surface area contributed by atoms with Crippen LogP contribution in [0.15, 0.2) is 28.8 Å². The van der Waals surface area contributed by atoms with Crippen molar-refractivity contribution in [3.05, 3.63) is 47.1 Å². The fourth-order valence-corrected chi connectivity index (χ4v) is 1.65. The highest BCUT2D eigenvalue weighted by atomic mass is 19.1. The molecular weight excluding hydrogens is 291 g/mol. The van der Waals surface area contributed by atoms with Crippen LogP contribution in [0.1, 0.15) is 28.7 Å². The minimum Gasteiger partial charge on any atom is -0.447 e. The van der Waals surface area contributed by atoms with Crippen LogP contribution in [0, 0.1) is 19.7 Å². The van der Waals surface area contributed by atoms with Gasteiger partial charge in [-0.15, -0.1) is 0 Å². The van der Waals surface area contributed by atoms with Crippen molar-refractivity contribution in [3.63, 3.8) is 0 Å². The van der Waals surface area contributed by atoms with Gasteiger partial charge in [-0.2, -0.15) is 0 Å². The number of nitrogens with one attached hydrogen (secondary N) is 1. The normalized spacial score (nSPS) is 11.8. The molecule has 1 heterocycles. The van der Waals surface area contributed by atoms with E-state index in [-0.39, 0.29) is 11.4 Å². The summed E-state index contributed by atoms with van der Waals surface area (Å²) in [5.74, 6) is -1.88. The third-order valence-electron chi connectivity index (χ3n) is 2.92. The standard InChI is InChI=1S/C15H15FN2O4/c1-8-4-5-11(7-12(8)16)17-14(19)10(3)21-15(20)13-6-9(2)18-22-13/h4-7,10H,1-3H3,(H,17,19)/t10-/m1/s1. The van der Waals surface area contributed by atoms with E-state index in [1.165, 1.54) is 19.1 Å². The fourth-order valence-electron chi connectivity index (χ4n) is 1.65. The van der Waals surface area contributed by atoms with Crippen molar-refractivity contribution < 1.29 is 23.2 Å². The molecule has 0 bridgehead atoms. The lowest BCUT2D eigenvalue weighted by Gasteiger charge is -2.12. The first-order valence-electron chi connectivity index (χ1n) is 6.58. The summed E-state index contributed by atoms with van der Waals surface area (Å²) >= 11 is 0. The first kappa shape index (κ1) is 15.7. The Morgan fingerprint density at radius 3 is 2.64 bits per heavy atom. The van der Waals surface area contributed by atoms with Gasteiger partial charge in [-0.25, -0.2) is 9.18 Å². The van der Waals surface area contributed by atoms with E-state index < -0.39 is 23.8 Å². The molecule has 0 saturated carbocycles. The molecule has 7 heteroatoms. The van der Waals surface area contributed by atoms with Crippen molar-refractivity contribution in [3.8, 4) is 0 Å². The first-order valence-corrected chi connectivity index (χ1v) is 6.58. The van der Waals surface area contributed by atoms with E-state index in [1.54, 1.807) is 26.0 Å². The Balaban J connectivity index is 1.97. The molecule has 1 amide bonds. The zero-order valence-electron chi connectivity index (χ0n) is 12.3. The second-order valence-corrected chi connectivity index (χ2v) is 4.83. The van der Waals surface area contributed by atoms with Gasteiger partial charge in [0.25, 0.3) is 5.91 Å². The maximum absolute atomic E-state index is 13.4. The van der Waals surface area contributed by atoms with Crippen molar-refractivity contribution in [2.75, 3.05) is 5.32 Å². The molecule has 0 unspecified atom stereocenters. The van der Waals surface area contributed by atoms with Crippen LogP contribution >= 0.6 is 0 Å². The van der Waals surface area contributed by atoms with Crippen molar-refractivity contribution in [2.45, 2.75) is 26.9 Å². The van der Waals surface area contributed by atoms with Gasteiger partial charge in [0.2, 0.25) is 5.76 Å². The third-order valence-corrected chi connectivity index (χ3v) is 2.92. The van der Waals surface area contributed by atoms with Gasteiger partial charge in [0.05, 0.1) is 5.69 Å². The van der Waals surface area contributed by atoms with Crippen LogP contribution in [0.25, 0.3) is 0 Å². The Kier molecular flexibility index (Phi) is 4.55. The maximum Gasteiger partial charge on any atom is 0.377 e. The monoisotopic (exact) mass is 306 g/mol. The highest BCUT2D eigenvalue weighted by Crippen LogP contribution is 2.14. The lowest BCUT2D eigenvalue weighted by molar-refractivity contribution is -0.123. The van der Waals surface area contributed by atoms with Crippen molar-refractivity contribution in [1.82, 2.24) is 5.16 Å². The molecule has 0 saturated heterocycles. The third kappa shape index (κ3) is 3.69. The number of carbonyl (C=O) groups is 2. The molecule has 0 radical (unpaired) electrons. The summed E-state index contributed by atoms with van der Waals surface area (Å²) in [4.78, 5) is 23.7. The van der Waals surface area contributed by atoms with Crippen LogP contribution < -0.4 is 5.32 Å². The number of ether oxygens (including phenoxy) is 1. The number of rotatable bonds is 4. The first-order chi connectivity index (χ1) is 10.4. The summed E-state index contributed by atoms with van der Waals surface area (Å²) in [5.41, 5.74) is 1.28. The average molecular weight is 306 g/mol. The molecule has 22 heavy (non-hydrogen) atoms. The number of esters is 1.